The molecule has 82 valence electrons. The number of hydrogen-bond acceptors (Lipinski definition) is 3. The first kappa shape index (κ1) is 11.6. The molecule has 4 heteroatoms. The standard InChI is InChI=1S/C10H20NO3/c1-7(2)8(12)4-11(3)5-9(13)10(14)6-11/h7,9-10,13-14H,4-6H2,1-3H3/q+1/t9-,10-/m0/s1. The molecule has 0 aromatic heterocycles. The summed E-state index contributed by atoms with van der Waals surface area (Å²) in [7, 11) is 1.90. The van der Waals surface area contributed by atoms with Gasteiger partial charge in [0.2, 0.25) is 0 Å². The maximum atomic E-state index is 11.5. The highest BCUT2D eigenvalue weighted by Crippen LogP contribution is 2.18. The molecule has 0 bridgehead atoms. The van der Waals surface area contributed by atoms with Crippen LogP contribution in [-0.4, -0.2) is 59.4 Å². The van der Waals surface area contributed by atoms with Gasteiger partial charge in [-0.2, -0.15) is 0 Å². The van der Waals surface area contributed by atoms with Gasteiger partial charge in [0.05, 0.1) is 7.05 Å². The Morgan fingerprint density at radius 1 is 1.36 bits per heavy atom. The van der Waals surface area contributed by atoms with Crippen LogP contribution in [0, 0.1) is 5.92 Å². The maximum absolute atomic E-state index is 11.5. The summed E-state index contributed by atoms with van der Waals surface area (Å²) in [6.45, 7) is 5.10. The van der Waals surface area contributed by atoms with Crippen LogP contribution in [0.5, 0.6) is 0 Å². The smallest absolute Gasteiger partial charge is 0.189 e. The topological polar surface area (TPSA) is 57.5 Å². The number of carbonyl (C=O) groups is 1. The van der Waals surface area contributed by atoms with Crippen molar-refractivity contribution in [2.45, 2.75) is 26.1 Å². The second kappa shape index (κ2) is 3.96. The van der Waals surface area contributed by atoms with Gasteiger partial charge in [0.1, 0.15) is 31.8 Å². The number of ketones is 1. The molecule has 1 aliphatic rings. The van der Waals surface area contributed by atoms with E-state index in [1.807, 2.05) is 20.9 Å². The SMILES string of the molecule is CC(C)C(=O)C[N+]1(C)C[C@H](O)[C@@H](O)C1. The zero-order valence-corrected chi connectivity index (χ0v) is 9.10. The summed E-state index contributed by atoms with van der Waals surface area (Å²) in [5.41, 5.74) is 0. The van der Waals surface area contributed by atoms with Gasteiger partial charge in [0.25, 0.3) is 0 Å². The minimum Gasteiger partial charge on any atom is -0.384 e. The van der Waals surface area contributed by atoms with Crippen LogP contribution in [0.1, 0.15) is 13.8 Å². The third-order valence-electron chi connectivity index (χ3n) is 2.88. The summed E-state index contributed by atoms with van der Waals surface area (Å²) in [6, 6.07) is 0. The van der Waals surface area contributed by atoms with E-state index in [1.165, 1.54) is 0 Å². The van der Waals surface area contributed by atoms with Crippen LogP contribution in [0.25, 0.3) is 0 Å². The quantitative estimate of drug-likeness (QED) is 0.600. The Hall–Kier alpha value is -0.450. The molecule has 1 saturated heterocycles. The largest absolute Gasteiger partial charge is 0.384 e. The molecule has 0 saturated carbocycles. The summed E-state index contributed by atoms with van der Waals surface area (Å²) in [4.78, 5) is 11.5. The number of quaternary nitrogens is 1. The first-order valence-electron chi connectivity index (χ1n) is 5.06. The normalized spacial score (nSPS) is 31.0. The lowest BCUT2D eigenvalue weighted by Gasteiger charge is -2.28. The van der Waals surface area contributed by atoms with Gasteiger partial charge < -0.3 is 14.7 Å². The summed E-state index contributed by atoms with van der Waals surface area (Å²) < 4.78 is 0.458. The van der Waals surface area contributed by atoms with Gasteiger partial charge in [-0.15, -0.1) is 0 Å². The highest BCUT2D eigenvalue weighted by atomic mass is 16.3. The Balaban J connectivity index is 2.56. The van der Waals surface area contributed by atoms with Crippen molar-refractivity contribution in [1.29, 1.82) is 0 Å². The Labute approximate surface area is 84.7 Å². The van der Waals surface area contributed by atoms with E-state index in [1.54, 1.807) is 0 Å². The van der Waals surface area contributed by atoms with E-state index in [4.69, 9.17) is 0 Å². The van der Waals surface area contributed by atoms with Crippen molar-refractivity contribution in [3.05, 3.63) is 0 Å². The summed E-state index contributed by atoms with van der Waals surface area (Å²) in [6.07, 6.45) is -1.36. The zero-order valence-electron chi connectivity index (χ0n) is 9.10. The van der Waals surface area contributed by atoms with Crippen LogP contribution in [0.15, 0.2) is 0 Å². The second-order valence-electron chi connectivity index (χ2n) is 4.90. The number of aliphatic hydroxyl groups is 2. The molecule has 0 unspecified atom stereocenters. The van der Waals surface area contributed by atoms with Gasteiger partial charge in [-0.25, -0.2) is 0 Å². The molecule has 0 aromatic carbocycles. The van der Waals surface area contributed by atoms with Crippen molar-refractivity contribution in [3.8, 4) is 0 Å². The molecule has 14 heavy (non-hydrogen) atoms. The molecule has 1 rings (SSSR count). The van der Waals surface area contributed by atoms with E-state index in [-0.39, 0.29) is 11.7 Å². The molecule has 2 atom stereocenters. The third kappa shape index (κ3) is 2.53. The Morgan fingerprint density at radius 3 is 2.14 bits per heavy atom. The molecule has 0 amide bonds. The molecular weight excluding hydrogens is 182 g/mol. The van der Waals surface area contributed by atoms with Gasteiger partial charge >= 0.3 is 0 Å². The summed E-state index contributed by atoms with van der Waals surface area (Å²) in [5, 5.41) is 18.8. The lowest BCUT2D eigenvalue weighted by Crippen LogP contribution is -2.47. The van der Waals surface area contributed by atoms with Crippen molar-refractivity contribution >= 4 is 5.78 Å². The monoisotopic (exact) mass is 202 g/mol. The second-order valence-corrected chi connectivity index (χ2v) is 4.90. The fraction of sp³-hybridized carbons (Fsp3) is 0.900. The average Bonchev–Trinajstić information content (AvgIpc) is 2.25. The molecule has 2 N–H and O–H groups in total. The van der Waals surface area contributed by atoms with Gasteiger partial charge in [-0.1, -0.05) is 13.8 Å². The van der Waals surface area contributed by atoms with Crippen LogP contribution in [0.4, 0.5) is 0 Å². The van der Waals surface area contributed by atoms with Crippen molar-refractivity contribution in [2.24, 2.45) is 5.92 Å². The first-order chi connectivity index (χ1) is 6.34. The highest BCUT2D eigenvalue weighted by Gasteiger charge is 2.42. The van der Waals surface area contributed by atoms with Crippen LogP contribution in [-0.2, 0) is 4.79 Å². The lowest BCUT2D eigenvalue weighted by molar-refractivity contribution is -0.892. The number of nitrogens with zero attached hydrogens (tertiary/aromatic N) is 1. The molecule has 0 aromatic rings. The van der Waals surface area contributed by atoms with E-state index in [0.717, 1.165) is 0 Å². The number of likely N-dealkylation sites (N-methyl/N-ethyl adjacent to an activating group) is 1. The van der Waals surface area contributed by atoms with Crippen LogP contribution >= 0.6 is 0 Å². The molecule has 1 aliphatic heterocycles. The maximum Gasteiger partial charge on any atom is 0.189 e. The minimum absolute atomic E-state index is 0.0276. The van der Waals surface area contributed by atoms with Gasteiger partial charge in [0.15, 0.2) is 5.78 Å². The first-order valence-corrected chi connectivity index (χ1v) is 5.06. The molecule has 4 nitrogen and oxygen atoms in total. The molecule has 0 spiro atoms. The van der Waals surface area contributed by atoms with E-state index in [0.29, 0.717) is 24.1 Å². The number of hydrogen-bond donors (Lipinski definition) is 2. The number of carbonyl (C=O) groups excluding carboxylic acids is 1. The number of rotatable bonds is 3. The third-order valence-corrected chi connectivity index (χ3v) is 2.88. The highest BCUT2D eigenvalue weighted by molar-refractivity contribution is 5.81. The van der Waals surface area contributed by atoms with Crippen molar-refractivity contribution in [1.82, 2.24) is 0 Å². The minimum atomic E-state index is -0.681. The van der Waals surface area contributed by atoms with Crippen molar-refractivity contribution in [2.75, 3.05) is 26.7 Å². The zero-order chi connectivity index (χ0) is 10.9. The van der Waals surface area contributed by atoms with Crippen LogP contribution in [0.2, 0.25) is 0 Å². The fourth-order valence-corrected chi connectivity index (χ4v) is 1.91. The Bertz CT molecular complexity index is 217. The van der Waals surface area contributed by atoms with E-state index < -0.39 is 12.2 Å². The Kier molecular flexibility index (Phi) is 3.29. The number of likely N-dealkylation sites (tertiary alicyclic amines) is 1. The van der Waals surface area contributed by atoms with Gasteiger partial charge in [0, 0.05) is 5.92 Å². The fourth-order valence-electron chi connectivity index (χ4n) is 1.91. The van der Waals surface area contributed by atoms with E-state index in [2.05, 4.69) is 0 Å². The van der Waals surface area contributed by atoms with Crippen molar-refractivity contribution < 1.29 is 19.5 Å². The van der Waals surface area contributed by atoms with Crippen molar-refractivity contribution in [3.63, 3.8) is 0 Å². The Morgan fingerprint density at radius 2 is 1.79 bits per heavy atom. The molecule has 1 fully saturated rings. The summed E-state index contributed by atoms with van der Waals surface area (Å²) in [5.74, 6) is 0.216. The predicted molar refractivity (Wildman–Crippen MR) is 52.6 cm³/mol. The molecule has 0 aliphatic carbocycles. The van der Waals surface area contributed by atoms with E-state index in [9.17, 15) is 15.0 Å². The number of aliphatic hydroxyl groups excluding tert-OH is 2. The van der Waals surface area contributed by atoms with Gasteiger partial charge in [-0.05, 0) is 0 Å². The lowest BCUT2D eigenvalue weighted by atomic mass is 10.1. The summed E-state index contributed by atoms with van der Waals surface area (Å²) >= 11 is 0. The molecular formula is C10H20NO3+. The van der Waals surface area contributed by atoms with E-state index >= 15 is 0 Å². The van der Waals surface area contributed by atoms with Gasteiger partial charge in [-0.3, -0.25) is 4.79 Å². The van der Waals surface area contributed by atoms with Crippen LogP contribution < -0.4 is 0 Å². The van der Waals surface area contributed by atoms with Crippen LogP contribution in [0.3, 0.4) is 0 Å². The average molecular weight is 202 g/mol. The predicted octanol–water partition coefficient (Wildman–Crippen LogP) is -0.607. The molecule has 0 radical (unpaired) electrons. The molecule has 1 heterocycles. The number of Topliss-reactive ketones (excluding diaryl/α,β-unsaturated/α-hetero) is 1.